The highest BCUT2D eigenvalue weighted by Crippen LogP contribution is 2.22. The second-order valence-corrected chi connectivity index (χ2v) is 5.46. The van der Waals surface area contributed by atoms with Crippen molar-refractivity contribution >= 4 is 17.0 Å². The van der Waals surface area contributed by atoms with Crippen LogP contribution < -0.4 is 10.2 Å². The minimum absolute atomic E-state index is 0.697. The Morgan fingerprint density at radius 1 is 1.35 bits per heavy atom. The predicted octanol–water partition coefficient (Wildman–Crippen LogP) is 1.57. The summed E-state index contributed by atoms with van der Waals surface area (Å²) < 4.78 is 0. The van der Waals surface area contributed by atoms with Crippen molar-refractivity contribution in [2.24, 2.45) is 5.92 Å². The average Bonchev–Trinajstić information content (AvgIpc) is 2.96. The van der Waals surface area contributed by atoms with Gasteiger partial charge in [-0.1, -0.05) is 6.92 Å². The van der Waals surface area contributed by atoms with Gasteiger partial charge in [0, 0.05) is 13.1 Å². The molecule has 1 atom stereocenters. The SMILES string of the molecule is CCCN(CC1CCCNC1)c1ncnc2nc[nH]c12. The molecule has 2 N–H and O–H groups in total. The van der Waals surface area contributed by atoms with E-state index in [1.807, 2.05) is 0 Å². The predicted molar refractivity (Wildman–Crippen MR) is 79.8 cm³/mol. The second kappa shape index (κ2) is 6.17. The minimum Gasteiger partial charge on any atom is -0.354 e. The summed E-state index contributed by atoms with van der Waals surface area (Å²) in [5.41, 5.74) is 1.70. The van der Waals surface area contributed by atoms with E-state index < -0.39 is 0 Å². The number of H-pyrrole nitrogens is 1. The van der Waals surface area contributed by atoms with E-state index in [2.05, 4.69) is 37.1 Å². The average molecular weight is 274 g/mol. The van der Waals surface area contributed by atoms with E-state index in [-0.39, 0.29) is 0 Å². The van der Waals surface area contributed by atoms with E-state index in [0.29, 0.717) is 5.92 Å². The number of anilines is 1. The molecule has 20 heavy (non-hydrogen) atoms. The number of nitrogens with zero attached hydrogens (tertiary/aromatic N) is 4. The van der Waals surface area contributed by atoms with Gasteiger partial charge < -0.3 is 15.2 Å². The fraction of sp³-hybridized carbons (Fsp3) is 0.643. The molecular weight excluding hydrogens is 252 g/mol. The number of aromatic nitrogens is 4. The smallest absolute Gasteiger partial charge is 0.182 e. The number of hydrogen-bond acceptors (Lipinski definition) is 5. The molecule has 0 bridgehead atoms. The van der Waals surface area contributed by atoms with E-state index in [1.54, 1.807) is 12.7 Å². The Morgan fingerprint density at radius 3 is 3.10 bits per heavy atom. The van der Waals surface area contributed by atoms with Crippen LogP contribution in [-0.2, 0) is 0 Å². The molecule has 1 aliphatic heterocycles. The maximum atomic E-state index is 4.49. The third kappa shape index (κ3) is 2.75. The molecule has 108 valence electrons. The van der Waals surface area contributed by atoms with Crippen molar-refractivity contribution < 1.29 is 0 Å². The molecule has 0 aromatic carbocycles. The first-order chi connectivity index (χ1) is 9.88. The Labute approximate surface area is 119 Å². The summed E-state index contributed by atoms with van der Waals surface area (Å²) in [6, 6.07) is 0. The normalized spacial score (nSPS) is 19.4. The maximum absolute atomic E-state index is 4.49. The Kier molecular flexibility index (Phi) is 4.11. The van der Waals surface area contributed by atoms with Gasteiger partial charge in [0.1, 0.15) is 11.8 Å². The highest BCUT2D eigenvalue weighted by molar-refractivity contribution is 5.82. The number of hydrogen-bond donors (Lipinski definition) is 2. The molecule has 3 rings (SSSR count). The molecule has 1 saturated heterocycles. The highest BCUT2D eigenvalue weighted by atomic mass is 15.2. The van der Waals surface area contributed by atoms with Crippen LogP contribution in [0.5, 0.6) is 0 Å². The molecule has 0 spiro atoms. The molecule has 6 heteroatoms. The molecule has 0 aliphatic carbocycles. The van der Waals surface area contributed by atoms with Gasteiger partial charge in [0.2, 0.25) is 0 Å². The lowest BCUT2D eigenvalue weighted by atomic mass is 9.99. The topological polar surface area (TPSA) is 69.7 Å². The van der Waals surface area contributed by atoms with E-state index in [4.69, 9.17) is 0 Å². The molecule has 2 aromatic heterocycles. The van der Waals surface area contributed by atoms with Gasteiger partial charge in [-0.2, -0.15) is 0 Å². The van der Waals surface area contributed by atoms with Crippen LogP contribution in [0.4, 0.5) is 5.82 Å². The zero-order valence-electron chi connectivity index (χ0n) is 12.0. The Hall–Kier alpha value is -1.69. The van der Waals surface area contributed by atoms with Crippen molar-refractivity contribution in [2.45, 2.75) is 26.2 Å². The monoisotopic (exact) mass is 274 g/mol. The van der Waals surface area contributed by atoms with Gasteiger partial charge in [-0.25, -0.2) is 15.0 Å². The van der Waals surface area contributed by atoms with E-state index in [9.17, 15) is 0 Å². The summed E-state index contributed by atoms with van der Waals surface area (Å²) >= 11 is 0. The van der Waals surface area contributed by atoms with Crippen molar-refractivity contribution in [1.82, 2.24) is 25.3 Å². The Balaban J connectivity index is 1.83. The molecule has 1 aliphatic rings. The lowest BCUT2D eigenvalue weighted by Gasteiger charge is -2.30. The quantitative estimate of drug-likeness (QED) is 0.866. The van der Waals surface area contributed by atoms with Crippen molar-refractivity contribution in [2.75, 3.05) is 31.1 Å². The molecule has 0 radical (unpaired) electrons. The van der Waals surface area contributed by atoms with Gasteiger partial charge in [-0.15, -0.1) is 0 Å². The summed E-state index contributed by atoms with van der Waals surface area (Å²) in [5.74, 6) is 1.68. The molecule has 0 saturated carbocycles. The lowest BCUT2D eigenvalue weighted by Crippen LogP contribution is -2.39. The molecular formula is C14H22N6. The largest absolute Gasteiger partial charge is 0.354 e. The minimum atomic E-state index is 0.697. The van der Waals surface area contributed by atoms with Crippen LogP contribution in [0.1, 0.15) is 26.2 Å². The first-order valence-electron chi connectivity index (χ1n) is 7.48. The number of fused-ring (bicyclic) bond motifs is 1. The Morgan fingerprint density at radius 2 is 2.30 bits per heavy atom. The van der Waals surface area contributed by atoms with Crippen LogP contribution >= 0.6 is 0 Å². The van der Waals surface area contributed by atoms with Crippen LogP contribution in [0.25, 0.3) is 11.2 Å². The first kappa shape index (κ1) is 13.3. The third-order valence-electron chi connectivity index (χ3n) is 3.87. The zero-order chi connectivity index (χ0) is 13.8. The summed E-state index contributed by atoms with van der Waals surface area (Å²) in [6.07, 6.45) is 6.98. The lowest BCUT2D eigenvalue weighted by molar-refractivity contribution is 0.376. The van der Waals surface area contributed by atoms with Crippen molar-refractivity contribution in [3.63, 3.8) is 0 Å². The molecule has 3 heterocycles. The third-order valence-corrected chi connectivity index (χ3v) is 3.87. The molecule has 1 fully saturated rings. The number of aromatic amines is 1. The van der Waals surface area contributed by atoms with Crippen LogP contribution in [-0.4, -0.2) is 46.1 Å². The van der Waals surface area contributed by atoms with Crippen molar-refractivity contribution in [1.29, 1.82) is 0 Å². The highest BCUT2D eigenvalue weighted by Gasteiger charge is 2.19. The molecule has 2 aromatic rings. The van der Waals surface area contributed by atoms with Crippen LogP contribution in [0.15, 0.2) is 12.7 Å². The number of rotatable bonds is 5. The van der Waals surface area contributed by atoms with Gasteiger partial charge in [0.05, 0.1) is 6.33 Å². The fourth-order valence-corrected chi connectivity index (χ4v) is 2.94. The van der Waals surface area contributed by atoms with Crippen molar-refractivity contribution in [3.05, 3.63) is 12.7 Å². The second-order valence-electron chi connectivity index (χ2n) is 5.46. The summed E-state index contributed by atoms with van der Waals surface area (Å²) in [6.45, 7) is 6.53. The van der Waals surface area contributed by atoms with E-state index in [1.165, 1.54) is 12.8 Å². The molecule has 6 nitrogen and oxygen atoms in total. The van der Waals surface area contributed by atoms with Gasteiger partial charge >= 0.3 is 0 Å². The van der Waals surface area contributed by atoms with E-state index in [0.717, 1.165) is 49.6 Å². The summed E-state index contributed by atoms with van der Waals surface area (Å²) in [5, 5.41) is 3.49. The zero-order valence-corrected chi connectivity index (χ0v) is 12.0. The van der Waals surface area contributed by atoms with Gasteiger partial charge in [0.15, 0.2) is 11.5 Å². The summed E-state index contributed by atoms with van der Waals surface area (Å²) in [4.78, 5) is 18.5. The maximum Gasteiger partial charge on any atom is 0.182 e. The van der Waals surface area contributed by atoms with Crippen LogP contribution in [0, 0.1) is 5.92 Å². The van der Waals surface area contributed by atoms with Gasteiger partial charge in [-0.3, -0.25) is 0 Å². The molecule has 0 amide bonds. The number of imidazole rings is 1. The van der Waals surface area contributed by atoms with Crippen molar-refractivity contribution in [3.8, 4) is 0 Å². The summed E-state index contributed by atoms with van der Waals surface area (Å²) in [7, 11) is 0. The number of piperidine rings is 1. The van der Waals surface area contributed by atoms with Crippen LogP contribution in [0.3, 0.4) is 0 Å². The Bertz CT molecular complexity index is 545. The van der Waals surface area contributed by atoms with Gasteiger partial charge in [-0.05, 0) is 38.3 Å². The molecule has 1 unspecified atom stereocenters. The number of nitrogens with one attached hydrogen (secondary N) is 2. The standard InChI is InChI=1S/C14H22N6/c1-2-6-20(8-11-4-3-5-15-7-11)14-12-13(17-9-16-12)18-10-19-14/h9-11,15H,2-8H2,1H3,(H,16,17,18,19). The first-order valence-corrected chi connectivity index (χ1v) is 7.48. The van der Waals surface area contributed by atoms with Gasteiger partial charge in [0.25, 0.3) is 0 Å². The fourth-order valence-electron chi connectivity index (χ4n) is 2.94. The van der Waals surface area contributed by atoms with Crippen LogP contribution in [0.2, 0.25) is 0 Å². The van der Waals surface area contributed by atoms with E-state index >= 15 is 0 Å².